The minimum absolute atomic E-state index is 0.00167. The molecule has 2 fully saturated rings. The fraction of sp³-hybridized carbons (Fsp3) is 0.447. The number of methoxy groups -OCH3 is 1. The van der Waals surface area contributed by atoms with Gasteiger partial charge in [-0.2, -0.15) is 0 Å². The van der Waals surface area contributed by atoms with Crippen LogP contribution in [0.1, 0.15) is 93.9 Å². The molecule has 10 nitrogen and oxygen atoms in total. The van der Waals surface area contributed by atoms with Crippen LogP contribution in [0.4, 0.5) is 4.79 Å². The van der Waals surface area contributed by atoms with E-state index in [9.17, 15) is 9.59 Å². The van der Waals surface area contributed by atoms with Crippen molar-refractivity contribution in [1.29, 1.82) is 0 Å². The number of hydrogen-bond acceptors (Lipinski definition) is 7. The number of amides is 2. The van der Waals surface area contributed by atoms with Crippen molar-refractivity contribution in [2.45, 2.75) is 97.6 Å². The molecule has 10 heteroatoms. The van der Waals surface area contributed by atoms with E-state index in [0.29, 0.717) is 25.7 Å². The lowest BCUT2D eigenvalue weighted by atomic mass is 9.83. The number of allylic oxidation sites excluding steroid dienone is 2. The molecule has 57 heavy (non-hydrogen) atoms. The molecule has 0 bridgehead atoms. The van der Waals surface area contributed by atoms with E-state index in [1.54, 1.807) is 12.0 Å². The third-order valence-electron chi connectivity index (χ3n) is 13.1. The van der Waals surface area contributed by atoms with Crippen LogP contribution in [0.2, 0.25) is 0 Å². The third-order valence-corrected chi connectivity index (χ3v) is 13.1. The fourth-order valence-corrected chi connectivity index (χ4v) is 9.61. The number of aromatic nitrogens is 2. The molecular formula is C47H53N5O5. The van der Waals surface area contributed by atoms with E-state index < -0.39 is 0 Å². The average Bonchev–Trinajstić information content (AvgIpc) is 4.05. The molecule has 5 atom stereocenters. The number of hydrogen-bond donors (Lipinski definition) is 1. The predicted molar refractivity (Wildman–Crippen MR) is 220 cm³/mol. The minimum atomic E-state index is -0.348. The molecule has 0 unspecified atom stereocenters. The topological polar surface area (TPSA) is 109 Å². The number of aromatic amines is 1. The zero-order valence-corrected chi connectivity index (χ0v) is 33.7. The summed E-state index contributed by atoms with van der Waals surface area (Å²) in [6, 6.07) is 20.9. The summed E-state index contributed by atoms with van der Waals surface area (Å²) in [4.78, 5) is 44.5. The van der Waals surface area contributed by atoms with Gasteiger partial charge in [0.25, 0.3) is 0 Å². The van der Waals surface area contributed by atoms with Crippen molar-refractivity contribution in [3.8, 4) is 28.1 Å². The lowest BCUT2D eigenvalue weighted by Crippen LogP contribution is -2.47. The maximum atomic E-state index is 13.6. The molecule has 5 aliphatic rings. The number of carbonyl (C=O) groups is 2. The number of imidazole rings is 1. The van der Waals surface area contributed by atoms with Gasteiger partial charge in [0, 0.05) is 54.9 Å². The molecule has 4 aliphatic heterocycles. The first-order chi connectivity index (χ1) is 27.7. The molecule has 0 radical (unpaired) electrons. The van der Waals surface area contributed by atoms with Crippen LogP contribution in [0.15, 0.2) is 77.5 Å². The molecule has 2 amide bonds. The summed E-state index contributed by atoms with van der Waals surface area (Å²) in [6.07, 6.45) is 6.89. The Balaban J connectivity index is 0.918. The van der Waals surface area contributed by atoms with Crippen LogP contribution in [0.5, 0.6) is 5.75 Å². The molecule has 1 aliphatic carbocycles. The molecule has 296 valence electrons. The summed E-state index contributed by atoms with van der Waals surface area (Å²) < 4.78 is 17.7. The highest BCUT2D eigenvalue weighted by Gasteiger charge is 2.42. The molecular weight excluding hydrogens is 715 g/mol. The Morgan fingerprint density at radius 2 is 1.81 bits per heavy atom. The van der Waals surface area contributed by atoms with Crippen LogP contribution in [0, 0.1) is 17.8 Å². The maximum absolute atomic E-state index is 13.6. The van der Waals surface area contributed by atoms with Crippen LogP contribution in [0.25, 0.3) is 28.0 Å². The summed E-state index contributed by atoms with van der Waals surface area (Å²) in [5, 5.41) is 0. The normalized spacial score (nSPS) is 22.8. The Kier molecular flexibility index (Phi) is 10.0. The van der Waals surface area contributed by atoms with Crippen molar-refractivity contribution in [1.82, 2.24) is 19.8 Å². The Morgan fingerprint density at radius 1 is 0.965 bits per heavy atom. The second kappa shape index (κ2) is 15.3. The van der Waals surface area contributed by atoms with Gasteiger partial charge in [0.1, 0.15) is 24.8 Å². The first-order valence-corrected chi connectivity index (χ1v) is 20.7. The van der Waals surface area contributed by atoms with Crippen LogP contribution in [0.3, 0.4) is 0 Å². The van der Waals surface area contributed by atoms with Crippen molar-refractivity contribution in [2.24, 2.45) is 22.7 Å². The zero-order chi connectivity index (χ0) is 39.4. The molecule has 4 aromatic rings. The van der Waals surface area contributed by atoms with Crippen LogP contribution >= 0.6 is 0 Å². The Hall–Kier alpha value is -5.22. The van der Waals surface area contributed by atoms with Gasteiger partial charge in [-0.05, 0) is 102 Å². The van der Waals surface area contributed by atoms with Crippen molar-refractivity contribution >= 4 is 23.3 Å². The number of fused-ring (bicyclic) bond motifs is 5. The molecule has 1 aromatic heterocycles. The SMILES string of the molecule is COC[C@H]1C[C@@H](c2ncc(-c3ccc4c(c3)COc3cc5c(cc3-4)CCC3=C5CC([C@@H]4CC[C@H](C)N4C(=O)[C@@H](C)C(C)C)=N3)[nH]2)N(C(=O)OCc2ccccc2)C1. The summed E-state index contributed by atoms with van der Waals surface area (Å²) >= 11 is 0. The number of H-pyrrole nitrogens is 1. The third kappa shape index (κ3) is 6.96. The number of nitrogens with one attached hydrogen (secondary N) is 1. The number of aryl methyl sites for hydroxylation is 1. The number of likely N-dealkylation sites (tertiary alicyclic amines) is 2. The lowest BCUT2D eigenvalue weighted by Gasteiger charge is -2.32. The van der Waals surface area contributed by atoms with Crippen molar-refractivity contribution < 1.29 is 23.8 Å². The second-order valence-corrected chi connectivity index (χ2v) is 17.0. The van der Waals surface area contributed by atoms with Crippen LogP contribution in [-0.4, -0.2) is 69.8 Å². The predicted octanol–water partition coefficient (Wildman–Crippen LogP) is 9.16. The van der Waals surface area contributed by atoms with Crippen molar-refractivity contribution in [2.75, 3.05) is 20.3 Å². The van der Waals surface area contributed by atoms with Gasteiger partial charge in [0.05, 0.1) is 30.6 Å². The summed E-state index contributed by atoms with van der Waals surface area (Å²) in [5.74, 6) is 2.40. The number of carbonyl (C=O) groups excluding carboxylic acids is 2. The molecule has 2 saturated heterocycles. The molecule has 3 aromatic carbocycles. The Morgan fingerprint density at radius 3 is 2.61 bits per heavy atom. The van der Waals surface area contributed by atoms with Gasteiger partial charge in [-0.1, -0.05) is 63.2 Å². The Bertz CT molecular complexity index is 2260. The largest absolute Gasteiger partial charge is 0.488 e. The maximum Gasteiger partial charge on any atom is 0.410 e. The van der Waals surface area contributed by atoms with E-state index in [-0.39, 0.29) is 48.6 Å². The first-order valence-electron chi connectivity index (χ1n) is 20.7. The zero-order valence-electron chi connectivity index (χ0n) is 33.7. The molecule has 0 saturated carbocycles. The van der Waals surface area contributed by atoms with Gasteiger partial charge in [0.15, 0.2) is 0 Å². The van der Waals surface area contributed by atoms with Gasteiger partial charge in [-0.25, -0.2) is 9.78 Å². The molecule has 1 N–H and O–H groups in total. The quantitative estimate of drug-likeness (QED) is 0.182. The van der Waals surface area contributed by atoms with E-state index in [2.05, 4.69) is 67.9 Å². The van der Waals surface area contributed by atoms with Crippen LogP contribution < -0.4 is 4.74 Å². The van der Waals surface area contributed by atoms with Gasteiger partial charge < -0.3 is 24.1 Å². The van der Waals surface area contributed by atoms with Gasteiger partial charge in [-0.3, -0.25) is 14.7 Å². The van der Waals surface area contributed by atoms with E-state index in [4.69, 9.17) is 24.2 Å². The Labute approximate surface area is 335 Å². The average molecular weight is 768 g/mol. The smallest absolute Gasteiger partial charge is 0.410 e. The number of nitrogens with zero attached hydrogens (tertiary/aromatic N) is 4. The standard InChI is InChI=1S/C47H53N5O5/c1-27(2)29(4)46(53)52-28(3)11-16-42(52)40-20-37-36-21-44-38(19-32(36)13-15-39(37)49-40)35-14-12-33(18-34(35)26-56-44)41-22-48-45(50-41)43-17-31(24-55-5)23-51(43)47(54)57-25-30-9-7-6-8-10-30/h6-10,12,14,18-19,21-22,27-29,31,42-43H,11,13,15-17,20,23-26H2,1-5H3,(H,48,50)/t28-,29-,31-,42-,43-/m0/s1. The molecule has 9 rings (SSSR count). The van der Waals surface area contributed by atoms with Crippen molar-refractivity contribution in [3.05, 3.63) is 101 Å². The summed E-state index contributed by atoms with van der Waals surface area (Å²) in [7, 11) is 1.70. The second-order valence-electron chi connectivity index (χ2n) is 17.0. The first kappa shape index (κ1) is 37.4. The highest BCUT2D eigenvalue weighted by Crippen LogP contribution is 2.47. The number of benzene rings is 3. The van der Waals surface area contributed by atoms with Gasteiger partial charge in [-0.15, -0.1) is 0 Å². The lowest BCUT2D eigenvalue weighted by molar-refractivity contribution is -0.137. The van der Waals surface area contributed by atoms with E-state index in [1.165, 1.54) is 28.0 Å². The van der Waals surface area contributed by atoms with Crippen molar-refractivity contribution in [3.63, 3.8) is 0 Å². The number of aliphatic imine (C=N–C) groups is 1. The fourth-order valence-electron chi connectivity index (χ4n) is 9.61. The monoisotopic (exact) mass is 767 g/mol. The van der Waals surface area contributed by atoms with Gasteiger partial charge >= 0.3 is 6.09 Å². The van der Waals surface area contributed by atoms with Gasteiger partial charge in [0.2, 0.25) is 5.91 Å². The highest BCUT2D eigenvalue weighted by molar-refractivity contribution is 6.05. The van der Waals surface area contributed by atoms with E-state index >= 15 is 0 Å². The number of ether oxygens (including phenoxy) is 3. The highest BCUT2D eigenvalue weighted by atomic mass is 16.6. The molecule has 0 spiro atoms. The minimum Gasteiger partial charge on any atom is -0.488 e. The van der Waals surface area contributed by atoms with E-state index in [1.807, 2.05) is 36.5 Å². The van der Waals surface area contributed by atoms with E-state index in [0.717, 1.165) is 83.8 Å². The molecule has 5 heterocycles. The summed E-state index contributed by atoms with van der Waals surface area (Å²) in [5.41, 5.74) is 12.5. The summed E-state index contributed by atoms with van der Waals surface area (Å²) in [6.45, 7) is 10.3. The number of rotatable bonds is 9. The van der Waals surface area contributed by atoms with Crippen LogP contribution in [-0.2, 0) is 33.9 Å².